The first-order valence-electron chi connectivity index (χ1n) is 5.95. The van der Waals surface area contributed by atoms with Gasteiger partial charge in [-0.25, -0.2) is 0 Å². The molecule has 0 aliphatic carbocycles. The monoisotopic (exact) mass is 288 g/mol. The maximum atomic E-state index is 12.0. The lowest BCUT2D eigenvalue weighted by molar-refractivity contribution is -0.0498. The molecule has 4 nitrogen and oxygen atoms in total. The molecule has 0 saturated heterocycles. The second-order valence-electron chi connectivity index (χ2n) is 4.05. The summed E-state index contributed by atoms with van der Waals surface area (Å²) in [4.78, 5) is 11.9. The van der Waals surface area contributed by atoms with E-state index >= 15 is 0 Å². The van der Waals surface area contributed by atoms with Gasteiger partial charge in [0, 0.05) is 11.3 Å². The highest BCUT2D eigenvalue weighted by Gasteiger charge is 2.08. The van der Waals surface area contributed by atoms with E-state index in [2.05, 4.69) is 10.1 Å². The number of carbonyl (C=O) groups is 1. The van der Waals surface area contributed by atoms with Gasteiger partial charge in [-0.3, -0.25) is 4.79 Å². The largest absolute Gasteiger partial charge is 0.435 e. The van der Waals surface area contributed by atoms with E-state index in [1.54, 1.807) is 24.3 Å². The average molecular weight is 288 g/mol. The van der Waals surface area contributed by atoms with Crippen LogP contribution in [0.3, 0.4) is 0 Å². The lowest BCUT2D eigenvalue weighted by Gasteiger charge is -2.07. The van der Waals surface area contributed by atoms with Crippen LogP contribution in [0.1, 0.15) is 15.9 Å². The third-order valence-electron chi connectivity index (χ3n) is 2.61. The zero-order valence-corrected chi connectivity index (χ0v) is 10.7. The Hall–Kier alpha value is -2.94. The van der Waals surface area contributed by atoms with E-state index < -0.39 is 6.61 Å². The maximum Gasteiger partial charge on any atom is 0.387 e. The van der Waals surface area contributed by atoms with Crippen molar-refractivity contribution in [3.8, 4) is 11.8 Å². The number of halogens is 2. The van der Waals surface area contributed by atoms with Crippen molar-refractivity contribution in [2.45, 2.75) is 6.61 Å². The van der Waals surface area contributed by atoms with Crippen molar-refractivity contribution in [3.63, 3.8) is 0 Å². The Morgan fingerprint density at radius 1 is 1.10 bits per heavy atom. The van der Waals surface area contributed by atoms with Gasteiger partial charge in [-0.1, -0.05) is 0 Å². The van der Waals surface area contributed by atoms with Crippen molar-refractivity contribution in [1.29, 1.82) is 5.26 Å². The fourth-order valence-corrected chi connectivity index (χ4v) is 1.62. The van der Waals surface area contributed by atoms with Gasteiger partial charge < -0.3 is 10.1 Å². The molecule has 0 bridgehead atoms. The molecule has 1 amide bonds. The van der Waals surface area contributed by atoms with E-state index in [1.807, 2.05) is 6.07 Å². The summed E-state index contributed by atoms with van der Waals surface area (Å²) in [5, 5.41) is 11.3. The normalized spacial score (nSPS) is 10.0. The molecule has 0 unspecified atom stereocenters. The van der Waals surface area contributed by atoms with E-state index in [9.17, 15) is 13.6 Å². The van der Waals surface area contributed by atoms with Crippen LogP contribution in [0.5, 0.6) is 5.75 Å². The van der Waals surface area contributed by atoms with Crippen molar-refractivity contribution < 1.29 is 18.3 Å². The first kappa shape index (κ1) is 14.5. The molecular formula is C15H10F2N2O2. The quantitative estimate of drug-likeness (QED) is 0.937. The summed E-state index contributed by atoms with van der Waals surface area (Å²) < 4.78 is 28.2. The summed E-state index contributed by atoms with van der Waals surface area (Å²) in [6.07, 6.45) is 0. The number of anilines is 1. The zero-order chi connectivity index (χ0) is 15.2. The second-order valence-corrected chi connectivity index (χ2v) is 4.05. The zero-order valence-electron chi connectivity index (χ0n) is 10.7. The van der Waals surface area contributed by atoms with Crippen LogP contribution in [0.25, 0.3) is 0 Å². The molecule has 0 saturated carbocycles. The molecule has 0 spiro atoms. The SMILES string of the molecule is N#Cc1ccc(NC(=O)c2ccc(OC(F)F)cc2)cc1. The van der Waals surface area contributed by atoms with Crippen LogP contribution in [-0.4, -0.2) is 12.5 Å². The molecule has 1 N–H and O–H groups in total. The van der Waals surface area contributed by atoms with Gasteiger partial charge in [0.15, 0.2) is 0 Å². The molecule has 0 heterocycles. The number of hydrogen-bond acceptors (Lipinski definition) is 3. The Morgan fingerprint density at radius 2 is 1.71 bits per heavy atom. The highest BCUT2D eigenvalue weighted by molar-refractivity contribution is 6.04. The molecule has 6 heteroatoms. The third-order valence-corrected chi connectivity index (χ3v) is 2.61. The van der Waals surface area contributed by atoms with Crippen molar-refractivity contribution in [2.75, 3.05) is 5.32 Å². The molecule has 0 aromatic heterocycles. The fraction of sp³-hybridized carbons (Fsp3) is 0.0667. The molecule has 0 aliphatic heterocycles. The summed E-state index contributed by atoms with van der Waals surface area (Å²) >= 11 is 0. The standard InChI is InChI=1S/C15H10F2N2O2/c16-15(17)21-13-7-3-11(4-8-13)14(20)19-12-5-1-10(9-18)2-6-12/h1-8,15H,(H,19,20). The molecule has 2 aromatic carbocycles. The van der Waals surface area contributed by atoms with Crippen LogP contribution in [-0.2, 0) is 0 Å². The molecule has 21 heavy (non-hydrogen) atoms. The fourth-order valence-electron chi connectivity index (χ4n) is 1.62. The molecular weight excluding hydrogens is 278 g/mol. The van der Waals surface area contributed by atoms with Crippen molar-refractivity contribution in [2.24, 2.45) is 0 Å². The summed E-state index contributed by atoms with van der Waals surface area (Å²) in [6.45, 7) is -2.90. The summed E-state index contributed by atoms with van der Waals surface area (Å²) in [7, 11) is 0. The van der Waals surface area contributed by atoms with Gasteiger partial charge >= 0.3 is 6.61 Å². The topological polar surface area (TPSA) is 62.1 Å². The lowest BCUT2D eigenvalue weighted by Crippen LogP contribution is -2.11. The highest BCUT2D eigenvalue weighted by atomic mass is 19.3. The average Bonchev–Trinajstić information content (AvgIpc) is 2.48. The molecule has 106 valence electrons. The first-order valence-corrected chi connectivity index (χ1v) is 5.95. The van der Waals surface area contributed by atoms with Crippen LogP contribution in [0, 0.1) is 11.3 Å². The molecule has 0 aliphatic rings. The number of ether oxygens (including phenoxy) is 1. The summed E-state index contributed by atoms with van der Waals surface area (Å²) in [5.74, 6) is -0.400. The van der Waals surface area contributed by atoms with Gasteiger partial charge in [-0.05, 0) is 48.5 Å². The Labute approximate surface area is 119 Å². The van der Waals surface area contributed by atoms with Crippen molar-refractivity contribution in [1.82, 2.24) is 0 Å². The number of amides is 1. The number of nitrogens with one attached hydrogen (secondary N) is 1. The van der Waals surface area contributed by atoms with Crippen molar-refractivity contribution >= 4 is 11.6 Å². The van der Waals surface area contributed by atoms with Gasteiger partial charge in [0.1, 0.15) is 5.75 Å². The molecule has 0 atom stereocenters. The number of carbonyl (C=O) groups excluding carboxylic acids is 1. The summed E-state index contributed by atoms with van der Waals surface area (Å²) in [5.41, 5.74) is 1.33. The Bertz CT molecular complexity index is 662. The number of rotatable bonds is 4. The smallest absolute Gasteiger partial charge is 0.387 e. The van der Waals surface area contributed by atoms with Crippen LogP contribution < -0.4 is 10.1 Å². The minimum absolute atomic E-state index is 0.0140. The van der Waals surface area contributed by atoms with Crippen LogP contribution in [0.2, 0.25) is 0 Å². The Balaban J connectivity index is 2.04. The molecule has 0 fully saturated rings. The number of alkyl halides is 2. The van der Waals surface area contributed by atoms with Gasteiger partial charge in [-0.15, -0.1) is 0 Å². The number of nitriles is 1. The third kappa shape index (κ3) is 4.01. The predicted octanol–water partition coefficient (Wildman–Crippen LogP) is 3.41. The van der Waals surface area contributed by atoms with Crippen molar-refractivity contribution in [3.05, 3.63) is 59.7 Å². The summed E-state index contributed by atoms with van der Waals surface area (Å²) in [6, 6.07) is 13.7. The Morgan fingerprint density at radius 3 is 2.24 bits per heavy atom. The number of hydrogen-bond donors (Lipinski definition) is 1. The van der Waals surface area contributed by atoms with Gasteiger partial charge in [0.25, 0.3) is 5.91 Å². The van der Waals surface area contributed by atoms with E-state index in [-0.39, 0.29) is 11.7 Å². The van der Waals surface area contributed by atoms with Gasteiger partial charge in [-0.2, -0.15) is 14.0 Å². The molecule has 0 radical (unpaired) electrons. The second kappa shape index (κ2) is 6.48. The first-order chi connectivity index (χ1) is 10.1. The van der Waals surface area contributed by atoms with Crippen LogP contribution in [0.4, 0.5) is 14.5 Å². The molecule has 2 rings (SSSR count). The van der Waals surface area contributed by atoms with Gasteiger partial charge in [0.05, 0.1) is 11.6 Å². The van der Waals surface area contributed by atoms with E-state index in [1.165, 1.54) is 24.3 Å². The highest BCUT2D eigenvalue weighted by Crippen LogP contribution is 2.16. The minimum atomic E-state index is -2.90. The Kier molecular flexibility index (Phi) is 4.46. The molecule has 2 aromatic rings. The maximum absolute atomic E-state index is 12.0. The van der Waals surface area contributed by atoms with E-state index in [0.29, 0.717) is 16.8 Å². The van der Waals surface area contributed by atoms with Crippen LogP contribution >= 0.6 is 0 Å². The van der Waals surface area contributed by atoms with E-state index in [0.717, 1.165) is 0 Å². The van der Waals surface area contributed by atoms with E-state index in [4.69, 9.17) is 5.26 Å². The van der Waals surface area contributed by atoms with Gasteiger partial charge in [0.2, 0.25) is 0 Å². The predicted molar refractivity (Wildman–Crippen MR) is 72.2 cm³/mol. The lowest BCUT2D eigenvalue weighted by atomic mass is 10.2. The van der Waals surface area contributed by atoms with Crippen LogP contribution in [0.15, 0.2) is 48.5 Å². The minimum Gasteiger partial charge on any atom is -0.435 e. The number of nitrogens with zero attached hydrogens (tertiary/aromatic N) is 1. The number of benzene rings is 2.